The Morgan fingerprint density at radius 3 is 2.29 bits per heavy atom. The van der Waals surface area contributed by atoms with Gasteiger partial charge in [-0.1, -0.05) is 41.5 Å². The number of ether oxygens (including phenoxy) is 1. The Morgan fingerprint density at radius 2 is 1.52 bits per heavy atom. The van der Waals surface area contributed by atoms with Gasteiger partial charge in [0.05, 0.1) is 18.3 Å². The third-order valence-electron chi connectivity index (χ3n) is 13.8. The summed E-state index contributed by atoms with van der Waals surface area (Å²) >= 11 is 0. The molecule has 5 aliphatic carbocycles. The molecule has 0 spiro atoms. The van der Waals surface area contributed by atoms with Crippen LogP contribution in [0, 0.1) is 57.2 Å². The van der Waals surface area contributed by atoms with Crippen molar-refractivity contribution in [2.24, 2.45) is 57.2 Å². The lowest BCUT2D eigenvalue weighted by atomic mass is 9.32. The fourth-order valence-corrected chi connectivity index (χ4v) is 11.9. The van der Waals surface area contributed by atoms with E-state index in [4.69, 9.17) is 4.74 Å². The molecule has 31 heavy (non-hydrogen) atoms. The standard InChI is InChI=1S/C29H48O2/c1-18-17-31-29-14-9-19(18)24(29)20-7-8-22-26(4)12-11-23(30)25(2,3)21(26)10-13-28(22,6)27(20,5)15-16-29/h18-24,30H,7-17H2,1-6H3/t18-,19-,20?,21?,22?,23-,24?,26-,27+,28+,29-/m0/s1. The molecule has 2 bridgehead atoms. The zero-order valence-electron chi connectivity index (χ0n) is 21.2. The van der Waals surface area contributed by atoms with Crippen molar-refractivity contribution in [2.75, 3.05) is 6.61 Å². The summed E-state index contributed by atoms with van der Waals surface area (Å²) in [5, 5.41) is 10.9. The van der Waals surface area contributed by atoms with Crippen LogP contribution >= 0.6 is 0 Å². The summed E-state index contributed by atoms with van der Waals surface area (Å²) in [6.45, 7) is 16.4. The molecular formula is C29H48O2. The minimum Gasteiger partial charge on any atom is -0.393 e. The van der Waals surface area contributed by atoms with E-state index in [2.05, 4.69) is 41.5 Å². The fourth-order valence-electron chi connectivity index (χ4n) is 11.9. The van der Waals surface area contributed by atoms with E-state index >= 15 is 0 Å². The predicted octanol–water partition coefficient (Wildman–Crippen LogP) is 6.85. The third-order valence-corrected chi connectivity index (χ3v) is 13.8. The van der Waals surface area contributed by atoms with Crippen LogP contribution < -0.4 is 0 Å². The molecule has 1 N–H and O–H groups in total. The first-order valence-electron chi connectivity index (χ1n) is 13.8. The minimum atomic E-state index is -0.118. The second-order valence-corrected chi connectivity index (χ2v) is 14.6. The van der Waals surface area contributed by atoms with Crippen LogP contribution in [0.1, 0.15) is 106 Å². The van der Waals surface area contributed by atoms with Gasteiger partial charge < -0.3 is 9.84 Å². The molecule has 2 nitrogen and oxygen atoms in total. The summed E-state index contributed by atoms with van der Waals surface area (Å²) in [5.74, 6) is 4.84. The van der Waals surface area contributed by atoms with Gasteiger partial charge in [-0.05, 0) is 121 Å². The lowest BCUT2D eigenvalue weighted by Crippen LogP contribution is -2.68. The van der Waals surface area contributed by atoms with Crippen LogP contribution in [0.4, 0.5) is 0 Å². The molecular weight excluding hydrogens is 380 g/mol. The van der Waals surface area contributed by atoms with Crippen LogP contribution in [0.5, 0.6) is 0 Å². The second kappa shape index (κ2) is 6.32. The smallest absolute Gasteiger partial charge is 0.0716 e. The maximum atomic E-state index is 10.9. The first kappa shape index (κ1) is 21.5. The molecule has 0 radical (unpaired) electrons. The normalized spacial score (nSPS) is 62.2. The molecule has 2 heteroatoms. The van der Waals surface area contributed by atoms with Crippen molar-refractivity contribution in [1.29, 1.82) is 0 Å². The highest BCUT2D eigenvalue weighted by atomic mass is 16.5. The first-order valence-corrected chi connectivity index (χ1v) is 13.8. The highest BCUT2D eigenvalue weighted by Gasteiger charge is 2.71. The molecule has 4 unspecified atom stereocenters. The maximum Gasteiger partial charge on any atom is 0.0716 e. The van der Waals surface area contributed by atoms with E-state index in [-0.39, 0.29) is 17.1 Å². The van der Waals surface area contributed by atoms with Crippen LogP contribution in [0.15, 0.2) is 0 Å². The summed E-state index contributed by atoms with van der Waals surface area (Å²) in [7, 11) is 0. The van der Waals surface area contributed by atoms with Crippen LogP contribution in [-0.4, -0.2) is 23.4 Å². The molecule has 6 aliphatic rings. The molecule has 1 saturated heterocycles. The Hall–Kier alpha value is -0.0800. The Bertz CT molecular complexity index is 760. The number of fused-ring (bicyclic) bond motifs is 5. The molecule has 5 saturated carbocycles. The Kier molecular flexibility index (Phi) is 4.37. The van der Waals surface area contributed by atoms with Crippen molar-refractivity contribution in [3.63, 3.8) is 0 Å². The minimum absolute atomic E-state index is 0.0639. The van der Waals surface area contributed by atoms with Crippen molar-refractivity contribution >= 4 is 0 Å². The summed E-state index contributed by atoms with van der Waals surface area (Å²) in [6.07, 6.45) is 13.1. The maximum absolute atomic E-state index is 10.9. The van der Waals surface area contributed by atoms with E-state index in [9.17, 15) is 5.11 Å². The molecule has 0 aromatic carbocycles. The molecule has 0 aromatic heterocycles. The highest BCUT2D eigenvalue weighted by Crippen LogP contribution is 2.77. The summed E-state index contributed by atoms with van der Waals surface area (Å²) < 4.78 is 6.75. The van der Waals surface area contributed by atoms with Crippen LogP contribution in [0.25, 0.3) is 0 Å². The van der Waals surface area contributed by atoms with Gasteiger partial charge in [0.15, 0.2) is 0 Å². The van der Waals surface area contributed by atoms with Crippen LogP contribution in [0.2, 0.25) is 0 Å². The zero-order chi connectivity index (χ0) is 22.0. The Morgan fingerprint density at radius 1 is 0.742 bits per heavy atom. The lowest BCUT2D eigenvalue weighted by molar-refractivity contribution is -0.272. The summed E-state index contributed by atoms with van der Waals surface area (Å²) in [5.41, 5.74) is 1.60. The summed E-state index contributed by atoms with van der Waals surface area (Å²) in [6, 6.07) is 0. The number of aliphatic hydroxyl groups is 1. The van der Waals surface area contributed by atoms with Gasteiger partial charge in [0, 0.05) is 0 Å². The van der Waals surface area contributed by atoms with E-state index in [0.29, 0.717) is 22.2 Å². The lowest BCUT2D eigenvalue weighted by Gasteiger charge is -2.73. The molecule has 176 valence electrons. The molecule has 6 fully saturated rings. The van der Waals surface area contributed by atoms with Gasteiger partial charge >= 0.3 is 0 Å². The van der Waals surface area contributed by atoms with E-state index < -0.39 is 0 Å². The monoisotopic (exact) mass is 428 g/mol. The van der Waals surface area contributed by atoms with Crippen molar-refractivity contribution in [2.45, 2.75) is 117 Å². The molecule has 1 heterocycles. The molecule has 0 amide bonds. The number of hydrogen-bond acceptors (Lipinski definition) is 2. The van der Waals surface area contributed by atoms with Crippen molar-refractivity contribution in [3.8, 4) is 0 Å². The van der Waals surface area contributed by atoms with Gasteiger partial charge in [-0.3, -0.25) is 0 Å². The number of aliphatic hydroxyl groups excluding tert-OH is 1. The van der Waals surface area contributed by atoms with Crippen LogP contribution in [-0.2, 0) is 4.74 Å². The van der Waals surface area contributed by atoms with Crippen molar-refractivity contribution < 1.29 is 9.84 Å². The topological polar surface area (TPSA) is 29.5 Å². The zero-order valence-corrected chi connectivity index (χ0v) is 21.2. The Balaban J connectivity index is 1.39. The van der Waals surface area contributed by atoms with Gasteiger partial charge in [-0.15, -0.1) is 0 Å². The van der Waals surface area contributed by atoms with E-state index in [1.807, 2.05) is 0 Å². The third kappa shape index (κ3) is 2.38. The van der Waals surface area contributed by atoms with E-state index in [1.54, 1.807) is 0 Å². The van der Waals surface area contributed by atoms with Crippen molar-refractivity contribution in [3.05, 3.63) is 0 Å². The number of rotatable bonds is 0. The largest absolute Gasteiger partial charge is 0.393 e. The summed E-state index contributed by atoms with van der Waals surface area (Å²) in [4.78, 5) is 0. The highest BCUT2D eigenvalue weighted by molar-refractivity contribution is 5.20. The Labute approximate surface area is 191 Å². The van der Waals surface area contributed by atoms with Gasteiger partial charge in [-0.2, -0.15) is 0 Å². The van der Waals surface area contributed by atoms with Gasteiger partial charge in [0.1, 0.15) is 0 Å². The van der Waals surface area contributed by atoms with Gasteiger partial charge in [0.25, 0.3) is 0 Å². The second-order valence-electron chi connectivity index (χ2n) is 14.6. The SMILES string of the molecule is C[C@H]1CO[C@]23CC[C@@H]1C2C1CCC2[C@@]4(C)CC[C@H](O)C(C)(C)C4CC[C@@]2(C)[C@]1(C)CC3. The molecule has 1 aliphatic heterocycles. The predicted molar refractivity (Wildman–Crippen MR) is 126 cm³/mol. The first-order chi connectivity index (χ1) is 14.5. The van der Waals surface area contributed by atoms with Gasteiger partial charge in [-0.25, -0.2) is 0 Å². The van der Waals surface area contributed by atoms with Gasteiger partial charge in [0.2, 0.25) is 0 Å². The van der Waals surface area contributed by atoms with Crippen molar-refractivity contribution in [1.82, 2.24) is 0 Å². The van der Waals surface area contributed by atoms with E-state index in [0.717, 1.165) is 42.6 Å². The van der Waals surface area contributed by atoms with E-state index in [1.165, 1.54) is 57.8 Å². The fraction of sp³-hybridized carbons (Fsp3) is 1.00. The average molecular weight is 429 g/mol. The molecule has 0 aromatic rings. The van der Waals surface area contributed by atoms with Crippen LogP contribution in [0.3, 0.4) is 0 Å². The molecule has 11 atom stereocenters. The average Bonchev–Trinajstić information content (AvgIpc) is 3.02. The number of hydrogen-bond donors (Lipinski definition) is 1. The quantitative estimate of drug-likeness (QED) is 0.457. The molecule has 6 rings (SSSR count).